The van der Waals surface area contributed by atoms with Crippen LogP contribution in [-0.2, 0) is 4.79 Å². The molecule has 1 fully saturated rings. The molecule has 0 aromatic rings. The number of hydrogen-bond donors (Lipinski definition) is 2. The van der Waals surface area contributed by atoms with E-state index in [9.17, 15) is 4.79 Å². The highest BCUT2D eigenvalue weighted by Gasteiger charge is 2.28. The van der Waals surface area contributed by atoms with Gasteiger partial charge in [0.1, 0.15) is 0 Å². The quantitative estimate of drug-likeness (QED) is 0.611. The average Bonchev–Trinajstić information content (AvgIpc) is 2.83. The smallest absolute Gasteiger partial charge is 0.328 e. The van der Waals surface area contributed by atoms with Gasteiger partial charge in [0.15, 0.2) is 0 Å². The van der Waals surface area contributed by atoms with Gasteiger partial charge in [-0.3, -0.25) is 4.90 Å². The van der Waals surface area contributed by atoms with Crippen molar-refractivity contribution in [2.75, 3.05) is 19.7 Å². The molecule has 0 bridgehead atoms. The van der Waals surface area contributed by atoms with Crippen molar-refractivity contribution in [3.8, 4) is 0 Å². The minimum atomic E-state index is -0.901. The average molecular weight is 199 g/mol. The Labute approximate surface area is 83.8 Å². The number of aliphatic carboxylic acids is 1. The van der Waals surface area contributed by atoms with Gasteiger partial charge in [-0.2, -0.15) is 0 Å². The maximum absolute atomic E-state index is 10.4. The van der Waals surface area contributed by atoms with Gasteiger partial charge in [-0.1, -0.05) is 5.57 Å². The summed E-state index contributed by atoms with van der Waals surface area (Å²) in [5.74, 6) is -0.901. The Morgan fingerprint density at radius 2 is 2.21 bits per heavy atom. The molecule has 0 atom stereocenters. The summed E-state index contributed by atoms with van der Waals surface area (Å²) in [6.45, 7) is 3.23. The van der Waals surface area contributed by atoms with Gasteiger partial charge in [-0.25, -0.2) is 4.79 Å². The van der Waals surface area contributed by atoms with Crippen molar-refractivity contribution < 1.29 is 15.0 Å². The molecule has 1 saturated carbocycles. The van der Waals surface area contributed by atoms with E-state index in [0.717, 1.165) is 5.57 Å². The highest BCUT2D eigenvalue weighted by atomic mass is 16.4. The van der Waals surface area contributed by atoms with Crippen molar-refractivity contribution in [3.05, 3.63) is 11.6 Å². The molecule has 1 aliphatic carbocycles. The summed E-state index contributed by atoms with van der Waals surface area (Å²) >= 11 is 0. The van der Waals surface area contributed by atoms with Crippen LogP contribution >= 0.6 is 0 Å². The van der Waals surface area contributed by atoms with Crippen LogP contribution < -0.4 is 0 Å². The van der Waals surface area contributed by atoms with E-state index in [1.165, 1.54) is 18.9 Å². The lowest BCUT2D eigenvalue weighted by Gasteiger charge is -2.20. The van der Waals surface area contributed by atoms with Gasteiger partial charge in [0.05, 0.1) is 6.61 Å². The van der Waals surface area contributed by atoms with Crippen molar-refractivity contribution in [2.24, 2.45) is 0 Å². The van der Waals surface area contributed by atoms with Crippen LogP contribution in [0.3, 0.4) is 0 Å². The van der Waals surface area contributed by atoms with Crippen LogP contribution in [0.15, 0.2) is 11.6 Å². The Kier molecular flexibility index (Phi) is 4.10. The second-order valence-electron chi connectivity index (χ2n) is 3.75. The van der Waals surface area contributed by atoms with E-state index in [2.05, 4.69) is 4.90 Å². The number of carbonyl (C=O) groups is 1. The molecular weight excluding hydrogens is 182 g/mol. The van der Waals surface area contributed by atoms with Crippen molar-refractivity contribution in [1.82, 2.24) is 4.90 Å². The van der Waals surface area contributed by atoms with E-state index in [1.807, 2.05) is 0 Å². The zero-order valence-electron chi connectivity index (χ0n) is 8.44. The van der Waals surface area contributed by atoms with E-state index in [4.69, 9.17) is 10.2 Å². The zero-order chi connectivity index (χ0) is 10.6. The molecule has 0 aromatic heterocycles. The fourth-order valence-electron chi connectivity index (χ4n) is 1.54. The lowest BCUT2D eigenvalue weighted by atomic mass is 10.2. The van der Waals surface area contributed by atoms with Crippen molar-refractivity contribution in [2.45, 2.75) is 25.8 Å². The van der Waals surface area contributed by atoms with E-state index < -0.39 is 5.97 Å². The fraction of sp³-hybridized carbons (Fsp3) is 0.700. The van der Waals surface area contributed by atoms with Gasteiger partial charge < -0.3 is 10.2 Å². The predicted octanol–water partition coefficient (Wildman–Crippen LogP) is 0.474. The molecule has 80 valence electrons. The number of aliphatic hydroxyl groups is 1. The molecule has 4 nitrogen and oxygen atoms in total. The molecule has 14 heavy (non-hydrogen) atoms. The normalized spacial score (nSPS) is 17.5. The van der Waals surface area contributed by atoms with Crippen molar-refractivity contribution in [1.29, 1.82) is 0 Å². The largest absolute Gasteiger partial charge is 0.478 e. The third kappa shape index (κ3) is 3.89. The lowest BCUT2D eigenvalue weighted by molar-refractivity contribution is -0.131. The summed E-state index contributed by atoms with van der Waals surface area (Å²) in [5, 5.41) is 17.4. The number of carboxylic acids is 1. The summed E-state index contributed by atoms with van der Waals surface area (Å²) in [4.78, 5) is 12.5. The molecule has 0 spiro atoms. The number of nitrogens with zero attached hydrogens (tertiary/aromatic N) is 1. The van der Waals surface area contributed by atoms with Gasteiger partial charge in [0.2, 0.25) is 0 Å². The Bertz CT molecular complexity index is 234. The number of rotatable bonds is 6. The molecule has 4 heteroatoms. The molecule has 1 rings (SSSR count). The first-order valence-corrected chi connectivity index (χ1v) is 4.88. The molecule has 0 heterocycles. The second-order valence-corrected chi connectivity index (χ2v) is 3.75. The third-order valence-corrected chi connectivity index (χ3v) is 2.27. The summed E-state index contributed by atoms with van der Waals surface area (Å²) in [7, 11) is 0. The Hall–Kier alpha value is -0.870. The first-order valence-electron chi connectivity index (χ1n) is 4.88. The van der Waals surface area contributed by atoms with Crippen LogP contribution in [-0.4, -0.2) is 46.8 Å². The molecular formula is C10H17NO3. The van der Waals surface area contributed by atoms with E-state index in [0.29, 0.717) is 19.1 Å². The molecule has 1 aliphatic rings. The lowest BCUT2D eigenvalue weighted by Crippen LogP contribution is -2.30. The van der Waals surface area contributed by atoms with Gasteiger partial charge in [-0.05, 0) is 19.8 Å². The van der Waals surface area contributed by atoms with E-state index >= 15 is 0 Å². The number of aliphatic hydroxyl groups excluding tert-OH is 1. The first-order chi connectivity index (χ1) is 6.63. The topological polar surface area (TPSA) is 60.8 Å². The Morgan fingerprint density at radius 1 is 1.57 bits per heavy atom. The molecule has 0 aliphatic heterocycles. The van der Waals surface area contributed by atoms with Crippen molar-refractivity contribution in [3.63, 3.8) is 0 Å². The summed E-state index contributed by atoms with van der Waals surface area (Å²) in [6, 6.07) is 0.555. The number of carboxylic acid groups (broad SMARTS) is 1. The molecule has 0 amide bonds. The minimum Gasteiger partial charge on any atom is -0.478 e. The maximum atomic E-state index is 10.4. The fourth-order valence-corrected chi connectivity index (χ4v) is 1.54. The first kappa shape index (κ1) is 11.2. The monoisotopic (exact) mass is 199 g/mol. The van der Waals surface area contributed by atoms with Crippen LogP contribution in [0.1, 0.15) is 19.8 Å². The summed E-state index contributed by atoms with van der Waals surface area (Å²) in [5.41, 5.74) is 0.831. The van der Waals surface area contributed by atoms with Crippen molar-refractivity contribution >= 4 is 5.97 Å². The summed E-state index contributed by atoms with van der Waals surface area (Å²) < 4.78 is 0. The maximum Gasteiger partial charge on any atom is 0.328 e. The second kappa shape index (κ2) is 5.12. The van der Waals surface area contributed by atoms with Crippen LogP contribution in [0.4, 0.5) is 0 Å². The van der Waals surface area contributed by atoms with Gasteiger partial charge in [0, 0.05) is 25.2 Å². The minimum absolute atomic E-state index is 0.136. The van der Waals surface area contributed by atoms with Gasteiger partial charge >= 0.3 is 5.97 Å². The molecule has 2 N–H and O–H groups in total. The van der Waals surface area contributed by atoms with Crippen LogP contribution in [0.25, 0.3) is 0 Å². The standard InChI is InChI=1S/C10H17NO3/c1-8(6-10(13)14)7-11(4-5-12)9-2-3-9/h6,9,12H,2-5,7H2,1H3,(H,13,14). The zero-order valence-corrected chi connectivity index (χ0v) is 8.44. The van der Waals surface area contributed by atoms with Gasteiger partial charge in [-0.15, -0.1) is 0 Å². The molecule has 0 saturated heterocycles. The SMILES string of the molecule is CC(=CC(=O)O)CN(CCO)C1CC1. The van der Waals surface area contributed by atoms with Crippen LogP contribution in [0.2, 0.25) is 0 Å². The summed E-state index contributed by atoms with van der Waals surface area (Å²) in [6.07, 6.45) is 3.56. The third-order valence-electron chi connectivity index (χ3n) is 2.27. The van der Waals surface area contributed by atoms with Crippen LogP contribution in [0, 0.1) is 0 Å². The Morgan fingerprint density at radius 3 is 2.64 bits per heavy atom. The van der Waals surface area contributed by atoms with Gasteiger partial charge in [0.25, 0.3) is 0 Å². The molecule has 0 unspecified atom stereocenters. The van der Waals surface area contributed by atoms with E-state index in [-0.39, 0.29) is 6.61 Å². The van der Waals surface area contributed by atoms with E-state index in [1.54, 1.807) is 6.92 Å². The number of hydrogen-bond acceptors (Lipinski definition) is 3. The Balaban J connectivity index is 2.41. The molecule has 0 aromatic carbocycles. The highest BCUT2D eigenvalue weighted by molar-refractivity contribution is 5.80. The predicted molar refractivity (Wildman–Crippen MR) is 53.1 cm³/mol. The highest BCUT2D eigenvalue weighted by Crippen LogP contribution is 2.26. The van der Waals surface area contributed by atoms with Crippen LogP contribution in [0.5, 0.6) is 0 Å². The molecule has 0 radical (unpaired) electrons.